The maximum atomic E-state index is 13.4. The molecule has 0 bridgehead atoms. The number of unbranched alkanes of at least 4 members (excludes halogenated alkanes) is 1. The summed E-state index contributed by atoms with van der Waals surface area (Å²) < 4.78 is 25.0. The first-order valence-corrected chi connectivity index (χ1v) is 12.0. The first-order valence-electron chi connectivity index (χ1n) is 12.0. The van der Waals surface area contributed by atoms with E-state index in [0.717, 1.165) is 52.6 Å². The molecular weight excluding hydrogens is 441 g/mol. The number of anilines is 1. The first kappa shape index (κ1) is 24.3. The largest absolute Gasteiger partial charge is 0.493 e. The van der Waals surface area contributed by atoms with Crippen LogP contribution in [0.4, 0.5) is 10.1 Å². The molecule has 1 N–H and O–H groups in total. The molecule has 0 aliphatic heterocycles. The summed E-state index contributed by atoms with van der Waals surface area (Å²) in [6.07, 6.45) is 6.59. The quantitative estimate of drug-likeness (QED) is 0.251. The average molecular weight is 472 g/mol. The van der Waals surface area contributed by atoms with Crippen LogP contribution in [-0.4, -0.2) is 12.5 Å². The molecule has 35 heavy (non-hydrogen) atoms. The molecule has 1 aromatic heterocycles. The SMILES string of the molecule is CCCCc1ccc(NC(=O)/C=C(\C)c2cc3c(-c4ccc(F)cc4)coc3cc2OCC)cc1. The monoisotopic (exact) mass is 471 g/mol. The molecule has 0 unspecified atom stereocenters. The number of allylic oxidation sites excluding steroid dienone is 1. The van der Waals surface area contributed by atoms with Gasteiger partial charge in [-0.25, -0.2) is 4.39 Å². The highest BCUT2D eigenvalue weighted by Gasteiger charge is 2.15. The Morgan fingerprint density at radius 2 is 1.80 bits per heavy atom. The number of furan rings is 1. The Bertz CT molecular complexity index is 1330. The van der Waals surface area contributed by atoms with Crippen molar-refractivity contribution in [2.45, 2.75) is 40.0 Å². The van der Waals surface area contributed by atoms with E-state index in [9.17, 15) is 9.18 Å². The number of aryl methyl sites for hydroxylation is 1. The van der Waals surface area contributed by atoms with Gasteiger partial charge >= 0.3 is 0 Å². The van der Waals surface area contributed by atoms with Gasteiger partial charge in [0, 0.05) is 34.3 Å². The summed E-state index contributed by atoms with van der Waals surface area (Å²) in [5, 5.41) is 3.81. The van der Waals surface area contributed by atoms with Gasteiger partial charge in [0.1, 0.15) is 17.1 Å². The van der Waals surface area contributed by atoms with E-state index in [1.165, 1.54) is 17.7 Å². The first-order chi connectivity index (χ1) is 17.0. The number of amides is 1. The molecule has 0 saturated carbocycles. The van der Waals surface area contributed by atoms with Crippen molar-refractivity contribution in [3.8, 4) is 16.9 Å². The molecule has 0 aliphatic rings. The standard InChI is InChI=1S/C30H30FNO3/c1-4-6-7-21-8-14-24(15-9-21)32-30(33)16-20(3)25-17-26-27(22-10-12-23(31)13-11-22)19-35-29(26)18-28(25)34-5-2/h8-19H,4-7H2,1-3H3,(H,32,33)/b20-16+. The van der Waals surface area contributed by atoms with Crippen molar-refractivity contribution in [2.75, 3.05) is 11.9 Å². The summed E-state index contributed by atoms with van der Waals surface area (Å²) in [4.78, 5) is 12.8. The molecule has 0 atom stereocenters. The van der Waals surface area contributed by atoms with Crippen LogP contribution < -0.4 is 10.1 Å². The molecule has 0 saturated heterocycles. The van der Waals surface area contributed by atoms with E-state index in [-0.39, 0.29) is 11.7 Å². The Morgan fingerprint density at radius 1 is 1.06 bits per heavy atom. The van der Waals surface area contributed by atoms with Gasteiger partial charge in [0.05, 0.1) is 12.9 Å². The second kappa shape index (κ2) is 11.0. The van der Waals surface area contributed by atoms with E-state index < -0.39 is 0 Å². The maximum Gasteiger partial charge on any atom is 0.248 e. The van der Waals surface area contributed by atoms with Crippen molar-refractivity contribution in [3.05, 3.63) is 89.9 Å². The molecule has 0 fully saturated rings. The number of nitrogens with one attached hydrogen (secondary N) is 1. The highest BCUT2D eigenvalue weighted by Crippen LogP contribution is 2.37. The lowest BCUT2D eigenvalue weighted by Gasteiger charge is -2.12. The van der Waals surface area contributed by atoms with Crippen molar-refractivity contribution in [3.63, 3.8) is 0 Å². The van der Waals surface area contributed by atoms with Crippen LogP contribution in [0.15, 0.2) is 77.4 Å². The molecule has 4 nitrogen and oxygen atoms in total. The molecule has 1 heterocycles. The highest BCUT2D eigenvalue weighted by molar-refractivity contribution is 6.05. The number of fused-ring (bicyclic) bond motifs is 1. The second-order valence-corrected chi connectivity index (χ2v) is 8.55. The third-order valence-corrected chi connectivity index (χ3v) is 5.94. The van der Waals surface area contributed by atoms with Crippen LogP contribution in [0.2, 0.25) is 0 Å². The van der Waals surface area contributed by atoms with Crippen LogP contribution in [0.3, 0.4) is 0 Å². The van der Waals surface area contributed by atoms with Crippen molar-refractivity contribution >= 4 is 28.1 Å². The molecule has 0 aliphatic carbocycles. The number of carbonyl (C=O) groups excluding carboxylic acids is 1. The molecule has 0 spiro atoms. The predicted octanol–water partition coefficient (Wildman–Crippen LogP) is 8.02. The Hall–Kier alpha value is -3.86. The van der Waals surface area contributed by atoms with Gasteiger partial charge in [-0.2, -0.15) is 0 Å². The van der Waals surface area contributed by atoms with Gasteiger partial charge in [0.15, 0.2) is 0 Å². The fraction of sp³-hybridized carbons (Fsp3) is 0.233. The lowest BCUT2D eigenvalue weighted by atomic mass is 9.99. The minimum Gasteiger partial charge on any atom is -0.493 e. The summed E-state index contributed by atoms with van der Waals surface area (Å²) in [5.41, 5.74) is 5.95. The fourth-order valence-corrected chi connectivity index (χ4v) is 4.08. The second-order valence-electron chi connectivity index (χ2n) is 8.55. The molecule has 0 radical (unpaired) electrons. The number of carbonyl (C=O) groups is 1. The average Bonchev–Trinajstić information content (AvgIpc) is 3.26. The summed E-state index contributed by atoms with van der Waals surface area (Å²) in [6, 6.07) is 18.1. The van der Waals surface area contributed by atoms with Crippen LogP contribution in [0, 0.1) is 5.82 Å². The van der Waals surface area contributed by atoms with Crippen molar-refractivity contribution in [2.24, 2.45) is 0 Å². The van der Waals surface area contributed by atoms with E-state index >= 15 is 0 Å². The minimum absolute atomic E-state index is 0.211. The lowest BCUT2D eigenvalue weighted by molar-refractivity contribution is -0.111. The van der Waals surface area contributed by atoms with Gasteiger partial charge in [-0.15, -0.1) is 0 Å². The van der Waals surface area contributed by atoms with Crippen LogP contribution in [0.1, 0.15) is 44.7 Å². The lowest BCUT2D eigenvalue weighted by Crippen LogP contribution is -2.08. The van der Waals surface area contributed by atoms with Gasteiger partial charge in [-0.1, -0.05) is 37.6 Å². The summed E-state index contributed by atoms with van der Waals surface area (Å²) in [6.45, 7) is 6.45. The zero-order chi connectivity index (χ0) is 24.8. The molecular formula is C30H30FNO3. The zero-order valence-electron chi connectivity index (χ0n) is 20.4. The summed E-state index contributed by atoms with van der Waals surface area (Å²) in [5.74, 6) is 0.139. The van der Waals surface area contributed by atoms with Gasteiger partial charge in [-0.3, -0.25) is 4.79 Å². The number of rotatable bonds is 9. The number of hydrogen-bond acceptors (Lipinski definition) is 3. The van der Waals surface area contributed by atoms with E-state index in [0.29, 0.717) is 17.9 Å². The van der Waals surface area contributed by atoms with Gasteiger partial charge in [-0.05, 0) is 73.7 Å². The van der Waals surface area contributed by atoms with Crippen molar-refractivity contribution in [1.29, 1.82) is 0 Å². The van der Waals surface area contributed by atoms with Crippen molar-refractivity contribution in [1.82, 2.24) is 0 Å². The van der Waals surface area contributed by atoms with Crippen LogP contribution >= 0.6 is 0 Å². The molecule has 4 rings (SSSR count). The number of halogens is 1. The van der Waals surface area contributed by atoms with Gasteiger partial charge < -0.3 is 14.5 Å². The van der Waals surface area contributed by atoms with Gasteiger partial charge in [0.25, 0.3) is 0 Å². The van der Waals surface area contributed by atoms with Gasteiger partial charge in [0.2, 0.25) is 5.91 Å². The van der Waals surface area contributed by atoms with Crippen LogP contribution in [0.25, 0.3) is 27.7 Å². The maximum absolute atomic E-state index is 13.4. The number of benzene rings is 3. The molecule has 1 amide bonds. The zero-order valence-corrected chi connectivity index (χ0v) is 20.4. The third-order valence-electron chi connectivity index (χ3n) is 5.94. The van der Waals surface area contributed by atoms with Crippen molar-refractivity contribution < 1.29 is 18.3 Å². The summed E-state index contributed by atoms with van der Waals surface area (Å²) >= 11 is 0. The number of ether oxygens (including phenoxy) is 1. The summed E-state index contributed by atoms with van der Waals surface area (Å²) in [7, 11) is 0. The van der Waals surface area contributed by atoms with E-state index in [4.69, 9.17) is 9.15 Å². The topological polar surface area (TPSA) is 51.5 Å². The van der Waals surface area contributed by atoms with Crippen LogP contribution in [-0.2, 0) is 11.2 Å². The normalized spacial score (nSPS) is 11.6. The molecule has 3 aromatic carbocycles. The third kappa shape index (κ3) is 5.80. The Balaban J connectivity index is 1.62. The molecule has 5 heteroatoms. The highest BCUT2D eigenvalue weighted by atomic mass is 19.1. The van der Waals surface area contributed by atoms with Crippen LogP contribution in [0.5, 0.6) is 5.75 Å². The predicted molar refractivity (Wildman–Crippen MR) is 140 cm³/mol. The van der Waals surface area contributed by atoms with E-state index in [2.05, 4.69) is 24.4 Å². The fourth-order valence-electron chi connectivity index (χ4n) is 4.08. The molecule has 180 valence electrons. The Labute approximate surface area is 205 Å². The number of hydrogen-bond donors (Lipinski definition) is 1. The van der Waals surface area contributed by atoms with E-state index in [1.807, 2.05) is 38.1 Å². The Morgan fingerprint density at radius 3 is 2.49 bits per heavy atom. The van der Waals surface area contributed by atoms with E-state index in [1.54, 1.807) is 24.5 Å². The Kier molecular flexibility index (Phi) is 7.66. The smallest absolute Gasteiger partial charge is 0.248 e. The molecule has 4 aromatic rings. The minimum atomic E-state index is -0.290.